The molecule has 1 atom stereocenters. The molecule has 0 aliphatic carbocycles. The van der Waals surface area contributed by atoms with Crippen molar-refractivity contribution in [2.24, 2.45) is 0 Å². The zero-order valence-electron chi connectivity index (χ0n) is 11.1. The third kappa shape index (κ3) is 4.30. The third-order valence-corrected chi connectivity index (χ3v) is 2.81. The molecule has 1 aromatic rings. The van der Waals surface area contributed by atoms with E-state index in [1.165, 1.54) is 12.7 Å². The van der Waals surface area contributed by atoms with Crippen molar-refractivity contribution in [3.8, 4) is 0 Å². The summed E-state index contributed by atoms with van der Waals surface area (Å²) in [6.07, 6.45) is 6.10. The van der Waals surface area contributed by atoms with Crippen LogP contribution in [0.15, 0.2) is 36.2 Å². The van der Waals surface area contributed by atoms with Crippen molar-refractivity contribution in [1.82, 2.24) is 10.3 Å². The molecule has 4 heteroatoms. The lowest BCUT2D eigenvalue weighted by Gasteiger charge is -2.12. The summed E-state index contributed by atoms with van der Waals surface area (Å²) < 4.78 is 4.70. The van der Waals surface area contributed by atoms with Crippen molar-refractivity contribution in [3.05, 3.63) is 41.7 Å². The molecule has 1 rings (SSSR count). The maximum absolute atomic E-state index is 11.4. The molecule has 0 amide bonds. The smallest absolute Gasteiger partial charge is 0.333 e. The number of nitrogens with zero attached hydrogens (tertiary/aromatic N) is 1. The van der Waals surface area contributed by atoms with Crippen molar-refractivity contribution in [1.29, 1.82) is 0 Å². The predicted octanol–water partition coefficient (Wildman–Crippen LogP) is 2.24. The summed E-state index contributed by atoms with van der Waals surface area (Å²) in [6.45, 7) is 4.66. The van der Waals surface area contributed by atoms with Crippen LogP contribution >= 0.6 is 0 Å². The highest BCUT2D eigenvalue weighted by Crippen LogP contribution is 2.10. The molecule has 0 aliphatic rings. The van der Waals surface area contributed by atoms with Crippen LogP contribution in [0.5, 0.6) is 0 Å². The quantitative estimate of drug-likeness (QED) is 0.619. The van der Waals surface area contributed by atoms with Crippen LogP contribution in [0.25, 0.3) is 0 Å². The van der Waals surface area contributed by atoms with Crippen LogP contribution in [0.2, 0.25) is 0 Å². The zero-order valence-corrected chi connectivity index (χ0v) is 11.1. The Morgan fingerprint density at radius 3 is 2.72 bits per heavy atom. The molecule has 1 N–H and O–H groups in total. The van der Waals surface area contributed by atoms with Gasteiger partial charge in [-0.15, -0.1) is 0 Å². The Hall–Kier alpha value is -1.68. The fourth-order valence-corrected chi connectivity index (χ4v) is 1.63. The van der Waals surface area contributed by atoms with E-state index in [1.54, 1.807) is 12.4 Å². The molecule has 0 spiro atoms. The lowest BCUT2D eigenvalue weighted by atomic mass is 10.1. The number of aromatic nitrogens is 1. The first-order valence-corrected chi connectivity index (χ1v) is 6.09. The van der Waals surface area contributed by atoms with E-state index < -0.39 is 0 Å². The highest BCUT2D eigenvalue weighted by atomic mass is 16.5. The summed E-state index contributed by atoms with van der Waals surface area (Å²) in [6, 6.07) is 4.17. The van der Waals surface area contributed by atoms with Crippen LogP contribution < -0.4 is 5.32 Å². The van der Waals surface area contributed by atoms with Gasteiger partial charge in [-0.2, -0.15) is 0 Å². The molecule has 0 saturated heterocycles. The van der Waals surface area contributed by atoms with Gasteiger partial charge >= 0.3 is 5.97 Å². The van der Waals surface area contributed by atoms with Crippen molar-refractivity contribution in [2.75, 3.05) is 13.7 Å². The van der Waals surface area contributed by atoms with Gasteiger partial charge in [0.25, 0.3) is 0 Å². The zero-order chi connectivity index (χ0) is 13.4. The van der Waals surface area contributed by atoms with Crippen LogP contribution in [0.1, 0.15) is 31.9 Å². The number of carbonyl (C=O) groups is 1. The van der Waals surface area contributed by atoms with Gasteiger partial charge in [-0.25, -0.2) is 4.79 Å². The van der Waals surface area contributed by atoms with E-state index in [0.29, 0.717) is 18.5 Å². The molecular weight excluding hydrogens is 228 g/mol. The molecule has 0 fully saturated rings. The second-order valence-electron chi connectivity index (χ2n) is 3.98. The van der Waals surface area contributed by atoms with Gasteiger partial charge in [0, 0.05) is 30.6 Å². The van der Waals surface area contributed by atoms with Gasteiger partial charge in [0.05, 0.1) is 7.11 Å². The third-order valence-electron chi connectivity index (χ3n) is 2.81. The van der Waals surface area contributed by atoms with Crippen LogP contribution in [0, 0.1) is 0 Å². The van der Waals surface area contributed by atoms with E-state index in [2.05, 4.69) is 17.2 Å². The number of carbonyl (C=O) groups excluding carboxylic acids is 1. The second-order valence-corrected chi connectivity index (χ2v) is 3.98. The molecule has 1 unspecified atom stereocenters. The number of hydrogen-bond acceptors (Lipinski definition) is 4. The number of rotatable bonds is 6. The summed E-state index contributed by atoms with van der Waals surface area (Å²) in [7, 11) is 1.40. The Morgan fingerprint density at radius 2 is 2.17 bits per heavy atom. The number of pyridine rings is 1. The standard InChI is InChI=1S/C14H20N2O2/c1-4-12(14(17)18-3)7-10-16-11(2)13-5-8-15-9-6-13/h5-9,11,16H,4,10H2,1-3H3/b12-7-. The van der Waals surface area contributed by atoms with E-state index in [-0.39, 0.29) is 12.0 Å². The maximum atomic E-state index is 11.4. The lowest BCUT2D eigenvalue weighted by Crippen LogP contribution is -2.19. The first-order chi connectivity index (χ1) is 8.69. The summed E-state index contributed by atoms with van der Waals surface area (Å²) in [5.74, 6) is -0.254. The Balaban J connectivity index is 2.50. The maximum Gasteiger partial charge on any atom is 0.333 e. The summed E-state index contributed by atoms with van der Waals surface area (Å²) in [5.41, 5.74) is 1.88. The molecular formula is C14H20N2O2. The average Bonchev–Trinajstić information content (AvgIpc) is 2.43. The molecule has 0 radical (unpaired) electrons. The molecule has 1 heterocycles. The fraction of sp³-hybridized carbons (Fsp3) is 0.429. The molecule has 98 valence electrons. The summed E-state index contributed by atoms with van der Waals surface area (Å²) >= 11 is 0. The van der Waals surface area contributed by atoms with E-state index in [1.807, 2.05) is 25.1 Å². The van der Waals surface area contributed by atoms with Gasteiger partial charge in [-0.05, 0) is 31.0 Å². The van der Waals surface area contributed by atoms with E-state index in [9.17, 15) is 4.79 Å². The van der Waals surface area contributed by atoms with Crippen LogP contribution in [-0.4, -0.2) is 24.6 Å². The topological polar surface area (TPSA) is 51.2 Å². The van der Waals surface area contributed by atoms with Gasteiger partial charge in [0.1, 0.15) is 0 Å². The van der Waals surface area contributed by atoms with Gasteiger partial charge in [0.15, 0.2) is 0 Å². The summed E-state index contributed by atoms with van der Waals surface area (Å²) in [4.78, 5) is 15.3. The minimum Gasteiger partial charge on any atom is -0.466 e. The minimum atomic E-state index is -0.254. The SMILES string of the molecule is CC/C(=C/CNC(C)c1ccncc1)C(=O)OC. The Morgan fingerprint density at radius 1 is 1.50 bits per heavy atom. The molecule has 0 aliphatic heterocycles. The molecule has 1 aromatic heterocycles. The first kappa shape index (κ1) is 14.4. The van der Waals surface area contributed by atoms with E-state index >= 15 is 0 Å². The van der Waals surface area contributed by atoms with Gasteiger partial charge in [-0.1, -0.05) is 13.0 Å². The molecule has 4 nitrogen and oxygen atoms in total. The van der Waals surface area contributed by atoms with E-state index in [0.717, 1.165) is 0 Å². The number of ether oxygens (including phenoxy) is 1. The highest BCUT2D eigenvalue weighted by molar-refractivity contribution is 5.88. The Labute approximate surface area is 108 Å². The van der Waals surface area contributed by atoms with Gasteiger partial charge in [0.2, 0.25) is 0 Å². The normalized spacial score (nSPS) is 13.2. The van der Waals surface area contributed by atoms with Crippen LogP contribution in [0.4, 0.5) is 0 Å². The van der Waals surface area contributed by atoms with Gasteiger partial charge < -0.3 is 10.1 Å². The van der Waals surface area contributed by atoms with Gasteiger partial charge in [-0.3, -0.25) is 4.98 Å². The monoisotopic (exact) mass is 248 g/mol. The average molecular weight is 248 g/mol. The Bertz CT molecular complexity index is 402. The second kappa shape index (κ2) is 7.61. The van der Waals surface area contributed by atoms with Crippen LogP contribution in [0.3, 0.4) is 0 Å². The van der Waals surface area contributed by atoms with E-state index in [4.69, 9.17) is 4.74 Å². The largest absolute Gasteiger partial charge is 0.466 e. The molecule has 0 bridgehead atoms. The first-order valence-electron chi connectivity index (χ1n) is 6.09. The number of hydrogen-bond donors (Lipinski definition) is 1. The predicted molar refractivity (Wildman–Crippen MR) is 71.0 cm³/mol. The summed E-state index contributed by atoms with van der Waals surface area (Å²) in [5, 5.41) is 3.33. The molecule has 18 heavy (non-hydrogen) atoms. The fourth-order valence-electron chi connectivity index (χ4n) is 1.63. The van der Waals surface area contributed by atoms with Crippen LogP contribution in [-0.2, 0) is 9.53 Å². The van der Waals surface area contributed by atoms with Crippen molar-refractivity contribution in [2.45, 2.75) is 26.3 Å². The van der Waals surface area contributed by atoms with Crippen molar-refractivity contribution < 1.29 is 9.53 Å². The number of methoxy groups -OCH3 is 1. The minimum absolute atomic E-state index is 0.222. The molecule has 0 saturated carbocycles. The number of nitrogens with one attached hydrogen (secondary N) is 1. The van der Waals surface area contributed by atoms with Crippen molar-refractivity contribution in [3.63, 3.8) is 0 Å². The van der Waals surface area contributed by atoms with Crippen molar-refractivity contribution >= 4 is 5.97 Å². The number of esters is 1. The highest BCUT2D eigenvalue weighted by Gasteiger charge is 2.07. The molecule has 0 aromatic carbocycles. The Kier molecular flexibility index (Phi) is 6.08. The lowest BCUT2D eigenvalue weighted by molar-refractivity contribution is -0.136.